The third-order valence-corrected chi connectivity index (χ3v) is 3.29. The molecule has 2 aromatic rings. The molecule has 0 atom stereocenters. The summed E-state index contributed by atoms with van der Waals surface area (Å²) in [5.41, 5.74) is 6.13. The van der Waals surface area contributed by atoms with Gasteiger partial charge in [-0.3, -0.25) is 14.9 Å². The number of amides is 2. The van der Waals surface area contributed by atoms with Crippen molar-refractivity contribution in [2.24, 2.45) is 5.73 Å². The Labute approximate surface area is 119 Å². The number of nitrogens with two attached hydrogens (primary N) is 1. The van der Waals surface area contributed by atoms with Gasteiger partial charge in [-0.15, -0.1) is 11.3 Å². The number of hydrogen-bond donors (Lipinski definition) is 2. The summed E-state index contributed by atoms with van der Waals surface area (Å²) in [4.78, 5) is 26.8. The third kappa shape index (κ3) is 3.55. The highest BCUT2D eigenvalue weighted by Crippen LogP contribution is 2.18. The van der Waals surface area contributed by atoms with Gasteiger partial charge in [-0.05, 0) is 24.3 Å². The second-order valence-electron chi connectivity index (χ2n) is 3.97. The molecule has 1 aromatic carbocycles. The molecule has 20 heavy (non-hydrogen) atoms. The quantitative estimate of drug-likeness (QED) is 0.871. The average Bonchev–Trinajstić information content (AvgIpc) is 2.85. The summed E-state index contributed by atoms with van der Waals surface area (Å²) in [6.45, 7) is 0. The molecule has 1 heterocycles. The van der Waals surface area contributed by atoms with Crippen molar-refractivity contribution in [1.29, 1.82) is 0 Å². The monoisotopic (exact) mass is 291 g/mol. The first-order valence-electron chi connectivity index (χ1n) is 5.76. The van der Waals surface area contributed by atoms with Crippen LogP contribution < -0.4 is 15.8 Å². The van der Waals surface area contributed by atoms with Gasteiger partial charge in [0.15, 0.2) is 5.13 Å². The van der Waals surface area contributed by atoms with Crippen LogP contribution in [0.3, 0.4) is 0 Å². The standard InChI is InChI=1S/C13H13N3O3S/c1-19-10-4-2-8(3-5-10)12(18)16-13-15-9(7-20-13)6-11(14)17/h2-5,7H,6H2,1H3,(H2,14,17)(H,15,16,18). The number of benzene rings is 1. The molecule has 2 amide bonds. The molecule has 0 saturated carbocycles. The molecule has 0 radical (unpaired) electrons. The smallest absolute Gasteiger partial charge is 0.257 e. The molecule has 6 nitrogen and oxygen atoms in total. The molecule has 0 fully saturated rings. The van der Waals surface area contributed by atoms with Crippen molar-refractivity contribution in [1.82, 2.24) is 4.98 Å². The lowest BCUT2D eigenvalue weighted by Crippen LogP contribution is -2.14. The maximum Gasteiger partial charge on any atom is 0.257 e. The number of ether oxygens (including phenoxy) is 1. The number of thiazole rings is 1. The maximum atomic E-state index is 12.0. The van der Waals surface area contributed by atoms with Crippen LogP contribution in [0.25, 0.3) is 0 Å². The first kappa shape index (κ1) is 14.0. The van der Waals surface area contributed by atoms with Gasteiger partial charge in [0.1, 0.15) is 5.75 Å². The number of nitrogens with zero attached hydrogens (tertiary/aromatic N) is 1. The summed E-state index contributed by atoms with van der Waals surface area (Å²) < 4.78 is 5.02. The molecule has 3 N–H and O–H groups in total. The van der Waals surface area contributed by atoms with E-state index in [-0.39, 0.29) is 12.3 Å². The summed E-state index contributed by atoms with van der Waals surface area (Å²) in [5.74, 6) is -0.0458. The molecule has 0 saturated heterocycles. The summed E-state index contributed by atoms with van der Waals surface area (Å²) >= 11 is 1.25. The molecule has 7 heteroatoms. The first-order chi connectivity index (χ1) is 9.58. The van der Waals surface area contributed by atoms with Gasteiger partial charge in [0, 0.05) is 10.9 Å². The van der Waals surface area contributed by atoms with Gasteiger partial charge < -0.3 is 10.5 Å². The minimum absolute atomic E-state index is 0.0644. The second-order valence-corrected chi connectivity index (χ2v) is 4.83. The Balaban J connectivity index is 2.03. The number of primary amides is 1. The molecule has 0 unspecified atom stereocenters. The van der Waals surface area contributed by atoms with E-state index in [0.29, 0.717) is 22.1 Å². The Morgan fingerprint density at radius 1 is 1.35 bits per heavy atom. The zero-order valence-corrected chi connectivity index (χ0v) is 11.6. The van der Waals surface area contributed by atoms with Crippen LogP contribution in [-0.4, -0.2) is 23.9 Å². The summed E-state index contributed by atoms with van der Waals surface area (Å²) in [7, 11) is 1.56. The molecular formula is C13H13N3O3S. The van der Waals surface area contributed by atoms with Crippen molar-refractivity contribution < 1.29 is 14.3 Å². The first-order valence-corrected chi connectivity index (χ1v) is 6.64. The number of aromatic nitrogens is 1. The molecule has 0 aliphatic rings. The van der Waals surface area contributed by atoms with Crippen LogP contribution in [0.5, 0.6) is 5.75 Å². The number of carbonyl (C=O) groups excluding carboxylic acids is 2. The van der Waals surface area contributed by atoms with Crippen molar-refractivity contribution >= 4 is 28.3 Å². The number of rotatable bonds is 5. The van der Waals surface area contributed by atoms with Crippen molar-refractivity contribution in [3.05, 3.63) is 40.9 Å². The van der Waals surface area contributed by atoms with Crippen LogP contribution in [0.1, 0.15) is 16.1 Å². The number of methoxy groups -OCH3 is 1. The Morgan fingerprint density at radius 2 is 2.05 bits per heavy atom. The molecular weight excluding hydrogens is 278 g/mol. The Morgan fingerprint density at radius 3 is 2.65 bits per heavy atom. The van der Waals surface area contributed by atoms with E-state index in [2.05, 4.69) is 10.3 Å². The van der Waals surface area contributed by atoms with Gasteiger partial charge in [-0.1, -0.05) is 0 Å². The van der Waals surface area contributed by atoms with E-state index in [9.17, 15) is 9.59 Å². The number of carbonyl (C=O) groups is 2. The van der Waals surface area contributed by atoms with Crippen LogP contribution in [0.15, 0.2) is 29.6 Å². The normalized spacial score (nSPS) is 10.1. The van der Waals surface area contributed by atoms with Crippen molar-refractivity contribution in [2.75, 3.05) is 12.4 Å². The third-order valence-electron chi connectivity index (χ3n) is 2.48. The van der Waals surface area contributed by atoms with Crippen molar-refractivity contribution in [2.45, 2.75) is 6.42 Å². The minimum Gasteiger partial charge on any atom is -0.497 e. The largest absolute Gasteiger partial charge is 0.497 e. The summed E-state index contributed by atoms with van der Waals surface area (Å²) in [6, 6.07) is 6.72. The number of hydrogen-bond acceptors (Lipinski definition) is 5. The second kappa shape index (κ2) is 6.16. The zero-order chi connectivity index (χ0) is 14.5. The van der Waals surface area contributed by atoms with Crippen molar-refractivity contribution in [3.63, 3.8) is 0 Å². The van der Waals surface area contributed by atoms with Gasteiger partial charge in [0.25, 0.3) is 5.91 Å². The van der Waals surface area contributed by atoms with Gasteiger partial charge in [-0.2, -0.15) is 0 Å². The summed E-state index contributed by atoms with van der Waals surface area (Å²) in [5, 5.41) is 4.79. The van der Waals surface area contributed by atoms with Crippen LogP contribution in [0, 0.1) is 0 Å². The Hall–Kier alpha value is -2.41. The van der Waals surface area contributed by atoms with E-state index >= 15 is 0 Å². The number of anilines is 1. The fourth-order valence-electron chi connectivity index (χ4n) is 1.54. The van der Waals surface area contributed by atoms with Crippen LogP contribution in [0.2, 0.25) is 0 Å². The molecule has 2 rings (SSSR count). The predicted molar refractivity (Wildman–Crippen MR) is 76.0 cm³/mol. The Bertz CT molecular complexity index is 622. The van der Waals surface area contributed by atoms with E-state index in [1.54, 1.807) is 36.8 Å². The topological polar surface area (TPSA) is 94.3 Å². The van der Waals surface area contributed by atoms with E-state index in [0.717, 1.165) is 0 Å². The maximum absolute atomic E-state index is 12.0. The molecule has 0 aliphatic heterocycles. The van der Waals surface area contributed by atoms with Crippen molar-refractivity contribution in [3.8, 4) is 5.75 Å². The Kier molecular flexibility index (Phi) is 4.31. The van der Waals surface area contributed by atoms with Gasteiger partial charge in [-0.25, -0.2) is 4.98 Å². The highest BCUT2D eigenvalue weighted by molar-refractivity contribution is 7.14. The molecule has 1 aromatic heterocycles. The van der Waals surface area contributed by atoms with E-state index in [1.807, 2.05) is 0 Å². The lowest BCUT2D eigenvalue weighted by atomic mass is 10.2. The van der Waals surface area contributed by atoms with E-state index in [4.69, 9.17) is 10.5 Å². The van der Waals surface area contributed by atoms with Gasteiger partial charge in [0.05, 0.1) is 19.2 Å². The van der Waals surface area contributed by atoms with E-state index < -0.39 is 5.91 Å². The van der Waals surface area contributed by atoms with Gasteiger partial charge in [0.2, 0.25) is 5.91 Å². The molecule has 0 bridgehead atoms. The van der Waals surface area contributed by atoms with E-state index in [1.165, 1.54) is 11.3 Å². The summed E-state index contributed by atoms with van der Waals surface area (Å²) in [6.07, 6.45) is 0.0644. The highest BCUT2D eigenvalue weighted by atomic mass is 32.1. The SMILES string of the molecule is COc1ccc(C(=O)Nc2nc(CC(N)=O)cs2)cc1. The fourth-order valence-corrected chi connectivity index (χ4v) is 2.24. The van der Waals surface area contributed by atoms with Crippen LogP contribution in [0.4, 0.5) is 5.13 Å². The minimum atomic E-state index is -0.455. The number of nitrogens with one attached hydrogen (secondary N) is 1. The van der Waals surface area contributed by atoms with Crippen LogP contribution in [-0.2, 0) is 11.2 Å². The molecule has 0 aliphatic carbocycles. The molecule has 104 valence electrons. The highest BCUT2D eigenvalue weighted by Gasteiger charge is 2.10. The lowest BCUT2D eigenvalue weighted by molar-refractivity contribution is -0.117. The van der Waals surface area contributed by atoms with Gasteiger partial charge >= 0.3 is 0 Å². The zero-order valence-electron chi connectivity index (χ0n) is 10.8. The fraction of sp³-hybridized carbons (Fsp3) is 0.154. The average molecular weight is 291 g/mol. The molecule has 0 spiro atoms. The van der Waals surface area contributed by atoms with Crippen LogP contribution >= 0.6 is 11.3 Å². The predicted octanol–water partition coefficient (Wildman–Crippen LogP) is 1.43. The lowest BCUT2D eigenvalue weighted by Gasteiger charge is -2.03.